The number of amides is 1. The highest BCUT2D eigenvalue weighted by Gasteiger charge is 2.24. The summed E-state index contributed by atoms with van der Waals surface area (Å²) in [5.74, 6) is 0.507. The van der Waals surface area contributed by atoms with Crippen molar-refractivity contribution < 1.29 is 9.90 Å². The first-order chi connectivity index (χ1) is 5.77. The number of hydrogen-bond donors (Lipinski definition) is 1. The van der Waals surface area contributed by atoms with Crippen LogP contribution in [0, 0.1) is 5.92 Å². The predicted octanol–water partition coefficient (Wildman–Crippen LogP) is 0.612. The van der Waals surface area contributed by atoms with Crippen molar-refractivity contribution in [2.75, 3.05) is 25.0 Å². The molecule has 1 saturated heterocycles. The Morgan fingerprint density at radius 3 is 2.92 bits per heavy atom. The van der Waals surface area contributed by atoms with Gasteiger partial charge in [-0.3, -0.25) is 4.79 Å². The van der Waals surface area contributed by atoms with Gasteiger partial charge in [0.15, 0.2) is 0 Å². The van der Waals surface area contributed by atoms with Crippen LogP contribution in [-0.4, -0.2) is 40.9 Å². The van der Waals surface area contributed by atoms with Crippen LogP contribution in [-0.2, 0) is 4.79 Å². The van der Waals surface area contributed by atoms with E-state index in [1.54, 1.807) is 0 Å². The summed E-state index contributed by atoms with van der Waals surface area (Å²) in [6, 6.07) is 0. The van der Waals surface area contributed by atoms with Crippen molar-refractivity contribution >= 4 is 21.8 Å². The number of hydrogen-bond acceptors (Lipinski definition) is 2. The lowest BCUT2D eigenvalue weighted by Gasteiger charge is -2.14. The van der Waals surface area contributed by atoms with Crippen molar-refractivity contribution in [3.05, 3.63) is 0 Å². The van der Waals surface area contributed by atoms with Crippen LogP contribution >= 0.6 is 15.9 Å². The molecule has 0 radical (unpaired) electrons. The highest BCUT2D eigenvalue weighted by Crippen LogP contribution is 2.16. The minimum absolute atomic E-state index is 0.197. The minimum Gasteiger partial charge on any atom is -0.396 e. The highest BCUT2D eigenvalue weighted by atomic mass is 79.9. The Hall–Kier alpha value is -0.0900. The van der Waals surface area contributed by atoms with Gasteiger partial charge in [-0.25, -0.2) is 0 Å². The van der Waals surface area contributed by atoms with E-state index in [0.29, 0.717) is 12.3 Å². The second-order valence-corrected chi connectivity index (χ2v) is 3.91. The Bertz CT molecular complexity index is 163. The molecule has 0 aromatic carbocycles. The maximum absolute atomic E-state index is 11.3. The summed E-state index contributed by atoms with van der Waals surface area (Å²) in [5.41, 5.74) is 0. The molecule has 0 aromatic rings. The predicted molar refractivity (Wildman–Crippen MR) is 50.2 cm³/mol. The summed E-state index contributed by atoms with van der Waals surface area (Å²) in [6.07, 6.45) is 1.52. The molecule has 12 heavy (non-hydrogen) atoms. The van der Waals surface area contributed by atoms with Gasteiger partial charge in [-0.15, -0.1) is 0 Å². The Kier molecular flexibility index (Phi) is 4.01. The van der Waals surface area contributed by atoms with Crippen LogP contribution in [0.2, 0.25) is 0 Å². The second kappa shape index (κ2) is 4.82. The molecular weight excluding hydrogens is 222 g/mol. The largest absolute Gasteiger partial charge is 0.396 e. The van der Waals surface area contributed by atoms with E-state index in [9.17, 15) is 4.79 Å². The fourth-order valence-corrected chi connectivity index (χ4v) is 1.79. The molecule has 1 unspecified atom stereocenters. The number of carbonyl (C=O) groups excluding carboxylic acids is 1. The number of halogens is 1. The van der Waals surface area contributed by atoms with E-state index in [1.807, 2.05) is 4.90 Å². The first-order valence-electron chi connectivity index (χ1n) is 4.22. The van der Waals surface area contributed by atoms with Crippen molar-refractivity contribution in [2.45, 2.75) is 12.8 Å². The molecule has 4 heteroatoms. The zero-order valence-electron chi connectivity index (χ0n) is 7.00. The fraction of sp³-hybridized carbons (Fsp3) is 0.875. The van der Waals surface area contributed by atoms with Gasteiger partial charge in [0.05, 0.1) is 0 Å². The topological polar surface area (TPSA) is 40.5 Å². The molecule has 1 rings (SSSR count). The van der Waals surface area contributed by atoms with Crippen molar-refractivity contribution in [3.8, 4) is 0 Å². The summed E-state index contributed by atoms with van der Waals surface area (Å²) in [4.78, 5) is 13.2. The van der Waals surface area contributed by atoms with Gasteiger partial charge in [0, 0.05) is 37.4 Å². The summed E-state index contributed by atoms with van der Waals surface area (Å²) in [6.45, 7) is 1.76. The smallest absolute Gasteiger partial charge is 0.223 e. The van der Waals surface area contributed by atoms with Crippen LogP contribution in [0.1, 0.15) is 12.8 Å². The molecule has 3 nitrogen and oxygen atoms in total. The fourth-order valence-electron chi connectivity index (χ4n) is 1.45. The standard InChI is InChI=1S/C8H14BrNO2/c9-3-1-8(12)10-4-2-7(5-10)6-11/h7,11H,1-6H2. The number of carbonyl (C=O) groups is 1. The van der Waals surface area contributed by atoms with Gasteiger partial charge in [0.25, 0.3) is 0 Å². The van der Waals surface area contributed by atoms with Gasteiger partial charge in [-0.2, -0.15) is 0 Å². The molecule has 1 atom stereocenters. The van der Waals surface area contributed by atoms with Crippen molar-refractivity contribution in [3.63, 3.8) is 0 Å². The number of likely N-dealkylation sites (tertiary alicyclic amines) is 1. The van der Waals surface area contributed by atoms with Gasteiger partial charge < -0.3 is 10.0 Å². The van der Waals surface area contributed by atoms with Crippen LogP contribution in [0.4, 0.5) is 0 Å². The van der Waals surface area contributed by atoms with Crippen molar-refractivity contribution in [1.29, 1.82) is 0 Å². The number of aliphatic hydroxyl groups excluding tert-OH is 1. The first kappa shape index (κ1) is 9.99. The molecule has 0 aliphatic carbocycles. The van der Waals surface area contributed by atoms with Gasteiger partial charge >= 0.3 is 0 Å². The first-order valence-corrected chi connectivity index (χ1v) is 5.34. The van der Waals surface area contributed by atoms with Crippen LogP contribution in [0.5, 0.6) is 0 Å². The maximum Gasteiger partial charge on any atom is 0.223 e. The van der Waals surface area contributed by atoms with Gasteiger partial charge in [0.1, 0.15) is 0 Å². The lowest BCUT2D eigenvalue weighted by atomic mass is 10.1. The van der Waals surface area contributed by atoms with Crippen LogP contribution in [0.25, 0.3) is 0 Å². The van der Waals surface area contributed by atoms with E-state index in [-0.39, 0.29) is 12.5 Å². The second-order valence-electron chi connectivity index (χ2n) is 3.12. The third-order valence-corrected chi connectivity index (χ3v) is 2.60. The molecule has 0 saturated carbocycles. The van der Waals surface area contributed by atoms with E-state index in [0.717, 1.165) is 24.8 Å². The third kappa shape index (κ3) is 2.45. The average Bonchev–Trinajstić information content (AvgIpc) is 2.52. The molecule has 1 fully saturated rings. The normalized spacial score (nSPS) is 23.2. The zero-order valence-corrected chi connectivity index (χ0v) is 8.59. The number of nitrogens with zero attached hydrogens (tertiary/aromatic N) is 1. The summed E-state index contributed by atoms with van der Waals surface area (Å²) in [7, 11) is 0. The number of rotatable bonds is 3. The number of alkyl halides is 1. The molecule has 0 bridgehead atoms. The molecule has 0 spiro atoms. The maximum atomic E-state index is 11.3. The summed E-state index contributed by atoms with van der Waals surface area (Å²) >= 11 is 3.23. The number of aliphatic hydroxyl groups is 1. The highest BCUT2D eigenvalue weighted by molar-refractivity contribution is 9.09. The molecule has 1 aliphatic rings. The zero-order chi connectivity index (χ0) is 8.97. The summed E-state index contributed by atoms with van der Waals surface area (Å²) < 4.78 is 0. The molecule has 70 valence electrons. The molecular formula is C8H14BrNO2. The average molecular weight is 236 g/mol. The Morgan fingerprint density at radius 2 is 2.42 bits per heavy atom. The molecule has 1 aliphatic heterocycles. The monoisotopic (exact) mass is 235 g/mol. The van der Waals surface area contributed by atoms with Crippen LogP contribution < -0.4 is 0 Å². The third-order valence-electron chi connectivity index (χ3n) is 2.21. The van der Waals surface area contributed by atoms with Crippen molar-refractivity contribution in [1.82, 2.24) is 4.90 Å². The Balaban J connectivity index is 2.31. The minimum atomic E-state index is 0.197. The lowest BCUT2D eigenvalue weighted by Crippen LogP contribution is -2.29. The van der Waals surface area contributed by atoms with Crippen LogP contribution in [0.15, 0.2) is 0 Å². The Labute approximate surface area is 80.9 Å². The van der Waals surface area contributed by atoms with Crippen molar-refractivity contribution in [2.24, 2.45) is 5.92 Å². The SMILES string of the molecule is O=C(CCBr)N1CCC(CO)C1. The van der Waals surface area contributed by atoms with E-state index < -0.39 is 0 Å². The van der Waals surface area contributed by atoms with E-state index in [2.05, 4.69) is 15.9 Å². The summed E-state index contributed by atoms with van der Waals surface area (Å²) in [5, 5.41) is 9.58. The van der Waals surface area contributed by atoms with Gasteiger partial charge in [0.2, 0.25) is 5.91 Å². The quantitative estimate of drug-likeness (QED) is 0.729. The van der Waals surface area contributed by atoms with E-state index in [1.165, 1.54) is 0 Å². The lowest BCUT2D eigenvalue weighted by molar-refractivity contribution is -0.129. The molecule has 0 aromatic heterocycles. The molecule has 1 N–H and O–H groups in total. The van der Waals surface area contributed by atoms with E-state index >= 15 is 0 Å². The van der Waals surface area contributed by atoms with Gasteiger partial charge in [-0.1, -0.05) is 15.9 Å². The molecule has 1 amide bonds. The van der Waals surface area contributed by atoms with E-state index in [4.69, 9.17) is 5.11 Å². The molecule has 1 heterocycles. The van der Waals surface area contributed by atoms with Crippen LogP contribution in [0.3, 0.4) is 0 Å². The Morgan fingerprint density at radius 1 is 1.67 bits per heavy atom. The van der Waals surface area contributed by atoms with Gasteiger partial charge in [-0.05, 0) is 6.42 Å².